The largest absolute Gasteiger partial charge is 0.326 e. The predicted octanol–water partition coefficient (Wildman–Crippen LogP) is 4.30. The molecule has 0 aliphatic heterocycles. The molecule has 1 aromatic carbocycles. The smallest absolute Gasteiger partial charge is 0.144 e. The molecule has 0 spiro atoms. The van der Waals surface area contributed by atoms with Crippen LogP contribution in [0.2, 0.25) is 5.02 Å². The topological polar surface area (TPSA) is 21.1 Å². The fraction of sp³-hybridized carbons (Fsp3) is 0.533. The Morgan fingerprint density at radius 2 is 2.14 bits per heavy atom. The fourth-order valence-corrected chi connectivity index (χ4v) is 2.67. The molecule has 1 atom stereocenters. The highest BCUT2D eigenvalue weighted by Crippen LogP contribution is 2.24. The van der Waals surface area contributed by atoms with Crippen LogP contribution in [0.25, 0.3) is 11.0 Å². The van der Waals surface area contributed by atoms with Gasteiger partial charge in [0.1, 0.15) is 11.6 Å². The van der Waals surface area contributed by atoms with Gasteiger partial charge in [-0.15, -0.1) is 11.6 Å². The van der Waals surface area contributed by atoms with Crippen molar-refractivity contribution < 1.29 is 4.39 Å². The first-order valence-corrected chi connectivity index (χ1v) is 7.99. The van der Waals surface area contributed by atoms with E-state index in [0.29, 0.717) is 17.4 Å². The molecule has 0 fully saturated rings. The summed E-state index contributed by atoms with van der Waals surface area (Å²) in [6, 6.07) is 3.50. The van der Waals surface area contributed by atoms with Crippen LogP contribution in [0, 0.1) is 5.82 Å². The molecule has 116 valence electrons. The number of aromatic nitrogens is 2. The Kier molecular flexibility index (Phi) is 5.47. The van der Waals surface area contributed by atoms with Crippen molar-refractivity contribution in [3.05, 3.63) is 28.8 Å². The summed E-state index contributed by atoms with van der Waals surface area (Å²) in [7, 11) is 2.10. The minimum Gasteiger partial charge on any atom is -0.326 e. The molecule has 1 heterocycles. The first-order chi connectivity index (χ1) is 9.97. The van der Waals surface area contributed by atoms with Crippen molar-refractivity contribution >= 4 is 34.2 Å². The minimum atomic E-state index is -0.452. The number of hydrogen-bond acceptors (Lipinski definition) is 2. The van der Waals surface area contributed by atoms with Crippen molar-refractivity contribution in [3.8, 4) is 0 Å². The average Bonchev–Trinajstić information content (AvgIpc) is 2.81. The van der Waals surface area contributed by atoms with E-state index in [1.165, 1.54) is 6.07 Å². The number of hydrogen-bond donors (Lipinski definition) is 0. The maximum absolute atomic E-state index is 13.5. The van der Waals surface area contributed by atoms with Crippen LogP contribution in [-0.2, 0) is 12.4 Å². The van der Waals surface area contributed by atoms with Crippen LogP contribution < -0.4 is 0 Å². The second-order valence-electron chi connectivity index (χ2n) is 5.31. The summed E-state index contributed by atoms with van der Waals surface area (Å²) >= 11 is 11.9. The van der Waals surface area contributed by atoms with E-state index in [1.54, 1.807) is 6.07 Å². The molecular weight excluding hydrogens is 312 g/mol. The molecule has 0 saturated carbocycles. The minimum absolute atomic E-state index is 0.111. The SMILES string of the molecule is CCC(C)N(C)CCn1c(CCl)nc2cc(F)c(Cl)cc21. The van der Waals surface area contributed by atoms with Gasteiger partial charge in [-0.3, -0.25) is 0 Å². The zero-order chi connectivity index (χ0) is 15.6. The summed E-state index contributed by atoms with van der Waals surface area (Å²) < 4.78 is 15.6. The molecule has 0 saturated heterocycles. The predicted molar refractivity (Wildman–Crippen MR) is 86.6 cm³/mol. The van der Waals surface area contributed by atoms with Crippen LogP contribution >= 0.6 is 23.2 Å². The quantitative estimate of drug-likeness (QED) is 0.736. The Balaban J connectivity index is 2.31. The van der Waals surface area contributed by atoms with Gasteiger partial charge in [-0.2, -0.15) is 0 Å². The molecule has 0 bridgehead atoms. The number of benzene rings is 1. The molecule has 6 heteroatoms. The molecule has 1 aromatic heterocycles. The Bertz CT molecular complexity index is 627. The number of likely N-dealkylation sites (N-methyl/N-ethyl adjacent to an activating group) is 1. The summed E-state index contributed by atoms with van der Waals surface area (Å²) in [4.78, 5) is 6.68. The second-order valence-corrected chi connectivity index (χ2v) is 5.98. The second kappa shape index (κ2) is 6.95. The van der Waals surface area contributed by atoms with Crippen molar-refractivity contribution in [3.63, 3.8) is 0 Å². The van der Waals surface area contributed by atoms with Gasteiger partial charge in [0.05, 0.1) is 21.9 Å². The van der Waals surface area contributed by atoms with E-state index in [-0.39, 0.29) is 5.02 Å². The highest BCUT2D eigenvalue weighted by molar-refractivity contribution is 6.31. The molecule has 3 nitrogen and oxygen atoms in total. The van der Waals surface area contributed by atoms with E-state index in [1.807, 2.05) is 4.57 Å². The summed E-state index contributed by atoms with van der Waals surface area (Å²) in [5, 5.41) is 0.111. The monoisotopic (exact) mass is 331 g/mol. The lowest BCUT2D eigenvalue weighted by atomic mass is 10.2. The molecule has 0 amide bonds. The van der Waals surface area contributed by atoms with Gasteiger partial charge < -0.3 is 9.47 Å². The van der Waals surface area contributed by atoms with Gasteiger partial charge in [0.15, 0.2) is 0 Å². The molecule has 0 aliphatic rings. The molecular formula is C15H20Cl2FN3. The third-order valence-corrected chi connectivity index (χ3v) is 4.54. The van der Waals surface area contributed by atoms with Crippen molar-refractivity contribution in [1.29, 1.82) is 0 Å². The first kappa shape index (κ1) is 16.5. The Morgan fingerprint density at radius 1 is 1.43 bits per heavy atom. The maximum atomic E-state index is 13.5. The van der Waals surface area contributed by atoms with E-state index in [2.05, 4.69) is 30.8 Å². The van der Waals surface area contributed by atoms with Crippen LogP contribution in [0.15, 0.2) is 12.1 Å². The normalized spacial score (nSPS) is 13.3. The van der Waals surface area contributed by atoms with Gasteiger partial charge in [0, 0.05) is 25.2 Å². The third kappa shape index (κ3) is 3.50. The van der Waals surface area contributed by atoms with Crippen LogP contribution in [0.1, 0.15) is 26.1 Å². The molecule has 1 unspecified atom stereocenters. The zero-order valence-electron chi connectivity index (χ0n) is 12.5. The Hall–Kier alpha value is -0.840. The van der Waals surface area contributed by atoms with Gasteiger partial charge in [0.2, 0.25) is 0 Å². The lowest BCUT2D eigenvalue weighted by molar-refractivity contribution is 0.243. The summed E-state index contributed by atoms with van der Waals surface area (Å²) in [5.74, 6) is 0.582. The number of fused-ring (bicyclic) bond motifs is 1. The average molecular weight is 332 g/mol. The molecule has 0 aliphatic carbocycles. The van der Waals surface area contributed by atoms with E-state index in [0.717, 1.165) is 30.9 Å². The molecule has 0 radical (unpaired) electrons. The van der Waals surface area contributed by atoms with Crippen LogP contribution in [-0.4, -0.2) is 34.1 Å². The standard InChI is InChI=1S/C15H20Cl2FN3/c1-4-10(2)20(3)5-6-21-14-7-11(17)12(18)8-13(14)19-15(21)9-16/h7-8,10H,4-6,9H2,1-3H3. The molecule has 2 aromatic rings. The third-order valence-electron chi connectivity index (χ3n) is 4.01. The Labute approximate surface area is 134 Å². The van der Waals surface area contributed by atoms with E-state index >= 15 is 0 Å². The van der Waals surface area contributed by atoms with Gasteiger partial charge in [-0.05, 0) is 26.5 Å². The maximum Gasteiger partial charge on any atom is 0.144 e. The number of alkyl halides is 1. The molecule has 2 rings (SSSR count). The fourth-order valence-electron chi connectivity index (χ4n) is 2.31. The molecule has 21 heavy (non-hydrogen) atoms. The van der Waals surface area contributed by atoms with Crippen LogP contribution in [0.5, 0.6) is 0 Å². The first-order valence-electron chi connectivity index (χ1n) is 7.08. The van der Waals surface area contributed by atoms with Crippen LogP contribution in [0.4, 0.5) is 4.39 Å². The highest BCUT2D eigenvalue weighted by atomic mass is 35.5. The van der Waals surface area contributed by atoms with E-state index in [9.17, 15) is 4.39 Å². The zero-order valence-corrected chi connectivity index (χ0v) is 14.0. The molecule has 0 N–H and O–H groups in total. The summed E-state index contributed by atoms with van der Waals surface area (Å²) in [5.41, 5.74) is 1.42. The van der Waals surface area contributed by atoms with E-state index in [4.69, 9.17) is 23.2 Å². The highest BCUT2D eigenvalue weighted by Gasteiger charge is 2.14. The number of imidazole rings is 1. The van der Waals surface area contributed by atoms with E-state index < -0.39 is 5.82 Å². The number of nitrogens with zero attached hydrogens (tertiary/aromatic N) is 3. The summed E-state index contributed by atoms with van der Waals surface area (Å²) in [6.45, 7) is 5.99. The summed E-state index contributed by atoms with van der Waals surface area (Å²) in [6.07, 6.45) is 1.10. The van der Waals surface area contributed by atoms with Crippen molar-refractivity contribution in [2.75, 3.05) is 13.6 Å². The van der Waals surface area contributed by atoms with Crippen molar-refractivity contribution in [2.24, 2.45) is 0 Å². The van der Waals surface area contributed by atoms with Crippen molar-refractivity contribution in [2.45, 2.75) is 38.7 Å². The van der Waals surface area contributed by atoms with Crippen LogP contribution in [0.3, 0.4) is 0 Å². The Morgan fingerprint density at radius 3 is 2.76 bits per heavy atom. The number of rotatable bonds is 6. The number of halogens is 3. The van der Waals surface area contributed by atoms with Gasteiger partial charge >= 0.3 is 0 Å². The lowest BCUT2D eigenvalue weighted by Crippen LogP contribution is -2.31. The lowest BCUT2D eigenvalue weighted by Gasteiger charge is -2.24. The van der Waals surface area contributed by atoms with Gasteiger partial charge in [-0.1, -0.05) is 18.5 Å². The van der Waals surface area contributed by atoms with Gasteiger partial charge in [0.25, 0.3) is 0 Å². The van der Waals surface area contributed by atoms with Gasteiger partial charge in [-0.25, -0.2) is 9.37 Å². The van der Waals surface area contributed by atoms with Crippen molar-refractivity contribution in [1.82, 2.24) is 14.5 Å².